The number of anilines is 1. The van der Waals surface area contributed by atoms with Gasteiger partial charge in [0.25, 0.3) is 5.91 Å². The molecule has 0 heterocycles. The molecule has 3 aliphatic rings. The van der Waals surface area contributed by atoms with Crippen LogP contribution in [0.5, 0.6) is 5.75 Å². The Bertz CT molecular complexity index is 1730. The Hall–Kier alpha value is -4.72. The summed E-state index contributed by atoms with van der Waals surface area (Å²) in [6, 6.07) is 8.64. The maximum Gasteiger partial charge on any atom is 0.411 e. The van der Waals surface area contributed by atoms with Crippen molar-refractivity contribution in [2.45, 2.75) is 38.3 Å². The van der Waals surface area contributed by atoms with E-state index in [9.17, 15) is 39.6 Å². The van der Waals surface area contributed by atoms with Crippen molar-refractivity contribution in [1.82, 2.24) is 10.2 Å². The molecule has 4 atom stereocenters. The highest BCUT2D eigenvalue weighted by Gasteiger charge is 2.72. The number of benzene rings is 2. The molecule has 0 saturated heterocycles. The first-order chi connectivity index (χ1) is 21.5. The summed E-state index contributed by atoms with van der Waals surface area (Å²) in [5.41, 5.74) is 0.944. The van der Waals surface area contributed by atoms with Crippen LogP contribution in [0, 0.1) is 10.8 Å². The van der Waals surface area contributed by atoms with Crippen molar-refractivity contribution in [1.29, 1.82) is 0 Å². The summed E-state index contributed by atoms with van der Waals surface area (Å²) in [4.78, 5) is 53.8. The first-order valence-corrected chi connectivity index (χ1v) is 14.7. The second kappa shape index (κ2) is 11.3. The van der Waals surface area contributed by atoms with Gasteiger partial charge in [-0.15, -0.1) is 0 Å². The maximum atomic E-state index is 14.4. The minimum atomic E-state index is -2.79. The number of ether oxygens (including phenoxy) is 1. The van der Waals surface area contributed by atoms with Crippen LogP contribution in [0.25, 0.3) is 16.9 Å². The topological polar surface area (TPSA) is 212 Å². The van der Waals surface area contributed by atoms with E-state index in [2.05, 4.69) is 10.6 Å². The van der Waals surface area contributed by atoms with Gasteiger partial charge >= 0.3 is 6.09 Å². The molecule has 0 bridgehead atoms. The highest BCUT2D eigenvalue weighted by Crippen LogP contribution is 2.63. The lowest BCUT2D eigenvalue weighted by atomic mass is 9.46. The molecule has 0 spiro atoms. The number of primary amides is 1. The van der Waals surface area contributed by atoms with Crippen molar-refractivity contribution in [3.8, 4) is 16.9 Å². The number of aromatic hydroxyl groups is 1. The number of hydrogen-bond acceptors (Lipinski definition) is 11. The number of ketones is 2. The van der Waals surface area contributed by atoms with Crippen LogP contribution in [0.2, 0.25) is 0 Å². The Morgan fingerprint density at radius 1 is 1.07 bits per heavy atom. The molecule has 0 aliphatic heterocycles. The smallest absolute Gasteiger partial charge is 0.411 e. The third-order valence-electron chi connectivity index (χ3n) is 9.54. The van der Waals surface area contributed by atoms with Crippen molar-refractivity contribution in [3.63, 3.8) is 0 Å². The Morgan fingerprint density at radius 3 is 2.30 bits per heavy atom. The quantitative estimate of drug-likeness (QED) is 0.173. The van der Waals surface area contributed by atoms with Gasteiger partial charge in [0.1, 0.15) is 29.4 Å². The Morgan fingerprint density at radius 2 is 1.72 bits per heavy atom. The standard InChI is InChI=1S/C33H38N4O9/c1-31-14-19-18(16-6-8-17(9-7-16)36-30(44)46-13-12-35-3)10-11-20(38)21(19)24(39)23(31)28(42)33(45)27(41)22(29(34)43)25(40)26(37(4)5)32(33,2)15-31/h6-11,26,35,38-39,41,45H,12-15H2,1-5H3,(H2,34,43)(H,36,44)/t26-,31+,32+,33-/m1/s1. The fraction of sp³-hybridized carbons (Fsp3) is 0.394. The summed E-state index contributed by atoms with van der Waals surface area (Å²) >= 11 is 0. The average Bonchev–Trinajstić information content (AvgIpc) is 2.95. The second-order valence-electron chi connectivity index (χ2n) is 12.8. The van der Waals surface area contributed by atoms with Gasteiger partial charge in [-0.25, -0.2) is 4.79 Å². The number of likely N-dealkylation sites (N-methyl/N-ethyl adjacent to an activating group) is 2. The van der Waals surface area contributed by atoms with Gasteiger partial charge in [0, 0.05) is 28.6 Å². The lowest BCUT2D eigenvalue weighted by Gasteiger charge is -2.59. The third kappa shape index (κ3) is 4.65. The number of fused-ring (bicyclic) bond motifs is 3. The molecular formula is C33H38N4O9. The summed E-state index contributed by atoms with van der Waals surface area (Å²) in [6.45, 7) is 3.91. The SMILES string of the molecule is CNCCOC(=O)Nc1ccc(-c2ccc(O)c3c2C[C@@]2(C)C[C@@]4(C)[C@H](N(C)C)C(=O)C(C(N)=O)=C(O)[C@@]4(O)C(=O)C2=C3O)cc1. The zero-order valence-electron chi connectivity index (χ0n) is 26.2. The number of aliphatic hydroxyl groups excluding tert-OH is 2. The van der Waals surface area contributed by atoms with Gasteiger partial charge in [0.2, 0.25) is 5.78 Å². The van der Waals surface area contributed by atoms with E-state index in [0.29, 0.717) is 28.9 Å². The molecule has 1 saturated carbocycles. The fourth-order valence-corrected chi connectivity index (χ4v) is 7.73. The summed E-state index contributed by atoms with van der Waals surface area (Å²) in [5, 5.41) is 51.5. The number of carbonyl (C=O) groups is 4. The van der Waals surface area contributed by atoms with Crippen LogP contribution in [0.3, 0.4) is 0 Å². The highest BCUT2D eigenvalue weighted by atomic mass is 16.5. The number of aliphatic hydroxyl groups is 3. The number of nitrogens with two attached hydrogens (primary N) is 1. The zero-order valence-corrected chi connectivity index (χ0v) is 26.2. The van der Waals surface area contributed by atoms with E-state index in [1.165, 1.54) is 17.9 Å². The minimum Gasteiger partial charge on any atom is -0.508 e. The molecule has 1 fully saturated rings. The molecule has 0 aromatic heterocycles. The second-order valence-corrected chi connectivity index (χ2v) is 12.8. The van der Waals surface area contributed by atoms with E-state index in [0.717, 1.165) is 0 Å². The molecule has 46 heavy (non-hydrogen) atoms. The van der Waals surface area contributed by atoms with Crippen molar-refractivity contribution >= 4 is 35.0 Å². The van der Waals surface area contributed by atoms with Crippen LogP contribution >= 0.6 is 0 Å². The van der Waals surface area contributed by atoms with Gasteiger partial charge in [-0.3, -0.25) is 24.6 Å². The third-order valence-corrected chi connectivity index (χ3v) is 9.54. The Labute approximate surface area is 265 Å². The van der Waals surface area contributed by atoms with E-state index in [-0.39, 0.29) is 36.3 Å². The Kier molecular flexibility index (Phi) is 8.00. The first kappa shape index (κ1) is 32.7. The monoisotopic (exact) mass is 634 g/mol. The van der Waals surface area contributed by atoms with Gasteiger partial charge in [-0.2, -0.15) is 0 Å². The number of phenols is 1. The number of nitrogens with zero attached hydrogens (tertiary/aromatic N) is 1. The van der Waals surface area contributed by atoms with Gasteiger partial charge in [0.15, 0.2) is 11.4 Å². The number of carbonyl (C=O) groups excluding carboxylic acids is 4. The van der Waals surface area contributed by atoms with Gasteiger partial charge < -0.3 is 36.2 Å². The highest BCUT2D eigenvalue weighted by molar-refractivity contribution is 6.25. The number of amides is 2. The molecule has 244 valence electrons. The predicted molar refractivity (Wildman–Crippen MR) is 168 cm³/mol. The van der Waals surface area contributed by atoms with E-state index in [1.54, 1.807) is 58.4 Å². The predicted octanol–water partition coefficient (Wildman–Crippen LogP) is 2.18. The molecule has 0 radical (unpaired) electrons. The van der Waals surface area contributed by atoms with Crippen molar-refractivity contribution in [2.24, 2.45) is 16.6 Å². The lowest BCUT2D eigenvalue weighted by Crippen LogP contribution is -2.72. The van der Waals surface area contributed by atoms with Crippen molar-refractivity contribution < 1.29 is 44.3 Å². The van der Waals surface area contributed by atoms with E-state index in [4.69, 9.17) is 10.5 Å². The maximum absolute atomic E-state index is 14.4. The van der Waals surface area contributed by atoms with Gasteiger partial charge in [0.05, 0.1) is 11.6 Å². The molecule has 0 unspecified atom stereocenters. The van der Waals surface area contributed by atoms with Crippen molar-refractivity contribution in [2.75, 3.05) is 39.6 Å². The summed E-state index contributed by atoms with van der Waals surface area (Å²) < 4.78 is 5.09. The lowest BCUT2D eigenvalue weighted by molar-refractivity contribution is -0.175. The van der Waals surface area contributed by atoms with E-state index in [1.807, 2.05) is 0 Å². The van der Waals surface area contributed by atoms with Crippen LogP contribution in [-0.4, -0.2) is 94.8 Å². The van der Waals surface area contributed by atoms with Crippen molar-refractivity contribution in [3.05, 3.63) is 64.4 Å². The normalized spacial score (nSPS) is 27.2. The molecule has 13 heteroatoms. The van der Waals surface area contributed by atoms with Crippen LogP contribution < -0.4 is 16.4 Å². The van der Waals surface area contributed by atoms with Gasteiger partial charge in [-0.05, 0) is 68.9 Å². The number of nitrogens with one attached hydrogen (secondary N) is 2. The van der Waals surface area contributed by atoms with Gasteiger partial charge in [-0.1, -0.05) is 32.0 Å². The number of phenolic OH excluding ortho intramolecular Hbond substituents is 1. The molecule has 2 amide bonds. The van der Waals surface area contributed by atoms with Crippen LogP contribution in [0.4, 0.5) is 10.5 Å². The summed E-state index contributed by atoms with van der Waals surface area (Å²) in [5.74, 6) is -5.27. The summed E-state index contributed by atoms with van der Waals surface area (Å²) in [7, 11) is 4.85. The van der Waals surface area contributed by atoms with E-state index >= 15 is 0 Å². The molecule has 2 aromatic carbocycles. The number of hydrogen-bond donors (Lipinski definition) is 7. The fourth-order valence-electron chi connectivity index (χ4n) is 7.73. The molecule has 13 nitrogen and oxygen atoms in total. The molecule has 8 N–H and O–H groups in total. The number of rotatable bonds is 7. The zero-order chi connectivity index (χ0) is 33.9. The molecule has 3 aliphatic carbocycles. The summed E-state index contributed by atoms with van der Waals surface area (Å²) in [6.07, 6.45) is -0.598. The number of Topliss-reactive ketones (excluding diaryl/α,β-unsaturated/α-hetero) is 2. The average molecular weight is 635 g/mol. The Balaban J connectivity index is 1.63. The molecular weight excluding hydrogens is 596 g/mol. The molecule has 5 rings (SSSR count). The van der Waals surface area contributed by atoms with E-state index < -0.39 is 63.1 Å². The molecule has 2 aromatic rings. The van der Waals surface area contributed by atoms with Crippen LogP contribution in [0.1, 0.15) is 31.4 Å². The minimum absolute atomic E-state index is 0.0181. The van der Waals surface area contributed by atoms with Crippen LogP contribution in [0.15, 0.2) is 53.3 Å². The van der Waals surface area contributed by atoms with Crippen LogP contribution in [-0.2, 0) is 25.5 Å². The first-order valence-electron chi connectivity index (χ1n) is 14.7. The largest absolute Gasteiger partial charge is 0.508 e.